The highest BCUT2D eigenvalue weighted by Crippen LogP contribution is 2.21. The molecule has 1 atom stereocenters. The third kappa shape index (κ3) is 5.57. The summed E-state index contributed by atoms with van der Waals surface area (Å²) in [6, 6.07) is 7.71. The summed E-state index contributed by atoms with van der Waals surface area (Å²) in [4.78, 5) is 23.8. The Morgan fingerprint density at radius 3 is 2.74 bits per heavy atom. The number of hydrogen-bond donors (Lipinski definition) is 1. The molecule has 0 heterocycles. The van der Waals surface area contributed by atoms with Gasteiger partial charge in [0.1, 0.15) is 0 Å². The quantitative estimate of drug-likeness (QED) is 0.808. The van der Waals surface area contributed by atoms with Crippen molar-refractivity contribution in [3.05, 3.63) is 35.4 Å². The average Bonchev–Trinajstić information content (AvgIpc) is 2.60. The molecule has 1 fully saturated rings. The number of methoxy groups -OCH3 is 1. The SMILES string of the molecule is COC(=O)c1cccc(CSC(C)C(=O)NC2CCCCC2)c1. The maximum Gasteiger partial charge on any atom is 0.337 e. The Morgan fingerprint density at radius 2 is 2.04 bits per heavy atom. The zero-order chi connectivity index (χ0) is 16.7. The second kappa shape index (κ2) is 8.96. The lowest BCUT2D eigenvalue weighted by molar-refractivity contribution is -0.121. The Morgan fingerprint density at radius 1 is 1.30 bits per heavy atom. The zero-order valence-electron chi connectivity index (χ0n) is 13.8. The summed E-state index contributed by atoms with van der Waals surface area (Å²) in [5.41, 5.74) is 1.57. The molecule has 1 aromatic rings. The van der Waals surface area contributed by atoms with Crippen molar-refractivity contribution in [3.8, 4) is 0 Å². The second-order valence-electron chi connectivity index (χ2n) is 5.99. The number of nitrogens with one attached hydrogen (secondary N) is 1. The number of ether oxygens (including phenoxy) is 1. The first-order valence-electron chi connectivity index (χ1n) is 8.19. The van der Waals surface area contributed by atoms with E-state index >= 15 is 0 Å². The van der Waals surface area contributed by atoms with E-state index in [-0.39, 0.29) is 17.1 Å². The number of carbonyl (C=O) groups is 2. The van der Waals surface area contributed by atoms with Crippen LogP contribution in [0.3, 0.4) is 0 Å². The van der Waals surface area contributed by atoms with E-state index in [1.165, 1.54) is 26.4 Å². The smallest absolute Gasteiger partial charge is 0.337 e. The van der Waals surface area contributed by atoms with E-state index < -0.39 is 0 Å². The number of carbonyl (C=O) groups excluding carboxylic acids is 2. The van der Waals surface area contributed by atoms with Gasteiger partial charge in [-0.05, 0) is 37.5 Å². The van der Waals surface area contributed by atoms with E-state index in [0.717, 1.165) is 18.4 Å². The Balaban J connectivity index is 1.82. The van der Waals surface area contributed by atoms with Gasteiger partial charge in [-0.25, -0.2) is 4.79 Å². The molecule has 0 radical (unpaired) electrons. The van der Waals surface area contributed by atoms with Gasteiger partial charge in [0, 0.05) is 11.8 Å². The van der Waals surface area contributed by atoms with Crippen LogP contribution in [-0.2, 0) is 15.3 Å². The standard InChI is InChI=1S/C18H25NO3S/c1-13(17(20)19-16-9-4-3-5-10-16)23-12-14-7-6-8-15(11-14)18(21)22-2/h6-8,11,13,16H,3-5,9-10,12H2,1-2H3,(H,19,20). The van der Waals surface area contributed by atoms with Gasteiger partial charge in [-0.2, -0.15) is 0 Å². The van der Waals surface area contributed by atoms with Gasteiger partial charge < -0.3 is 10.1 Å². The lowest BCUT2D eigenvalue weighted by Crippen LogP contribution is -2.40. The lowest BCUT2D eigenvalue weighted by atomic mass is 9.95. The van der Waals surface area contributed by atoms with Crippen molar-refractivity contribution in [2.24, 2.45) is 0 Å². The Hall–Kier alpha value is -1.49. The third-order valence-corrected chi connectivity index (χ3v) is 5.38. The van der Waals surface area contributed by atoms with Gasteiger partial charge in [0.15, 0.2) is 0 Å². The van der Waals surface area contributed by atoms with E-state index in [1.54, 1.807) is 17.8 Å². The average molecular weight is 335 g/mol. The van der Waals surface area contributed by atoms with Crippen LogP contribution in [0.2, 0.25) is 0 Å². The van der Waals surface area contributed by atoms with Crippen LogP contribution in [0.5, 0.6) is 0 Å². The van der Waals surface area contributed by atoms with Gasteiger partial charge in [-0.1, -0.05) is 31.4 Å². The molecule has 1 unspecified atom stereocenters. The van der Waals surface area contributed by atoms with Gasteiger partial charge in [-0.3, -0.25) is 4.79 Å². The first-order chi connectivity index (χ1) is 11.1. The fraction of sp³-hybridized carbons (Fsp3) is 0.556. The molecule has 1 amide bonds. The minimum Gasteiger partial charge on any atom is -0.465 e. The number of esters is 1. The molecule has 1 saturated carbocycles. The summed E-state index contributed by atoms with van der Waals surface area (Å²) in [7, 11) is 1.38. The normalized spacial score (nSPS) is 16.6. The summed E-state index contributed by atoms with van der Waals surface area (Å²) >= 11 is 1.59. The minimum absolute atomic E-state index is 0.0984. The van der Waals surface area contributed by atoms with Crippen LogP contribution in [0.4, 0.5) is 0 Å². The van der Waals surface area contributed by atoms with E-state index in [2.05, 4.69) is 5.32 Å². The van der Waals surface area contributed by atoms with E-state index in [4.69, 9.17) is 4.74 Å². The Bertz CT molecular complexity index is 541. The monoisotopic (exact) mass is 335 g/mol. The van der Waals surface area contributed by atoms with Crippen LogP contribution in [0, 0.1) is 0 Å². The molecule has 1 aliphatic rings. The summed E-state index contributed by atoms with van der Waals surface area (Å²) in [5, 5.41) is 3.06. The molecule has 0 aliphatic heterocycles. The zero-order valence-corrected chi connectivity index (χ0v) is 14.7. The van der Waals surface area contributed by atoms with Crippen LogP contribution in [0.15, 0.2) is 24.3 Å². The van der Waals surface area contributed by atoms with Crippen LogP contribution >= 0.6 is 11.8 Å². The van der Waals surface area contributed by atoms with E-state index in [0.29, 0.717) is 17.4 Å². The first kappa shape index (κ1) is 17.9. The highest BCUT2D eigenvalue weighted by Gasteiger charge is 2.19. The van der Waals surface area contributed by atoms with Crippen molar-refractivity contribution in [2.45, 2.75) is 56.1 Å². The molecule has 0 saturated heterocycles. The lowest BCUT2D eigenvalue weighted by Gasteiger charge is -2.24. The van der Waals surface area contributed by atoms with Gasteiger partial charge >= 0.3 is 5.97 Å². The Labute approximate surface area is 142 Å². The molecule has 0 spiro atoms. The number of rotatable bonds is 6. The summed E-state index contributed by atoms with van der Waals surface area (Å²) in [5.74, 6) is 0.482. The van der Waals surface area contributed by atoms with Gasteiger partial charge in [0.25, 0.3) is 0 Å². The van der Waals surface area contributed by atoms with Crippen molar-refractivity contribution >= 4 is 23.6 Å². The highest BCUT2D eigenvalue weighted by atomic mass is 32.2. The number of thioether (sulfide) groups is 1. The fourth-order valence-corrected chi connectivity index (χ4v) is 3.61. The van der Waals surface area contributed by atoms with Crippen LogP contribution in [0.1, 0.15) is 54.9 Å². The molecule has 5 heteroatoms. The van der Waals surface area contributed by atoms with Crippen LogP contribution in [0.25, 0.3) is 0 Å². The molecule has 23 heavy (non-hydrogen) atoms. The van der Waals surface area contributed by atoms with Crippen LogP contribution < -0.4 is 5.32 Å². The molecule has 1 N–H and O–H groups in total. The molecule has 2 rings (SSSR count). The molecule has 0 aromatic heterocycles. The van der Waals surface area contributed by atoms with Crippen molar-refractivity contribution in [1.29, 1.82) is 0 Å². The highest BCUT2D eigenvalue weighted by molar-refractivity contribution is 7.99. The molecule has 0 bridgehead atoms. The molecule has 1 aliphatic carbocycles. The maximum absolute atomic E-state index is 12.2. The third-order valence-electron chi connectivity index (χ3n) is 4.17. The van der Waals surface area contributed by atoms with Crippen molar-refractivity contribution in [1.82, 2.24) is 5.32 Å². The number of benzene rings is 1. The number of amides is 1. The Kier molecular flexibility index (Phi) is 6.96. The summed E-state index contributed by atoms with van der Waals surface area (Å²) < 4.78 is 4.73. The van der Waals surface area contributed by atoms with Crippen LogP contribution in [-0.4, -0.2) is 30.3 Å². The molecular weight excluding hydrogens is 310 g/mol. The first-order valence-corrected chi connectivity index (χ1v) is 9.24. The molecule has 4 nitrogen and oxygen atoms in total. The predicted molar refractivity (Wildman–Crippen MR) is 93.6 cm³/mol. The van der Waals surface area contributed by atoms with Gasteiger partial charge in [-0.15, -0.1) is 11.8 Å². The second-order valence-corrected chi connectivity index (χ2v) is 7.32. The van der Waals surface area contributed by atoms with Gasteiger partial charge in [0.05, 0.1) is 17.9 Å². The minimum atomic E-state index is -0.333. The van der Waals surface area contributed by atoms with Crippen molar-refractivity contribution in [2.75, 3.05) is 7.11 Å². The topological polar surface area (TPSA) is 55.4 Å². The van der Waals surface area contributed by atoms with E-state index in [1.807, 2.05) is 25.1 Å². The predicted octanol–water partition coefficient (Wildman–Crippen LogP) is 3.54. The largest absolute Gasteiger partial charge is 0.465 e. The number of hydrogen-bond acceptors (Lipinski definition) is 4. The van der Waals surface area contributed by atoms with Crippen molar-refractivity contribution < 1.29 is 14.3 Å². The van der Waals surface area contributed by atoms with Crippen molar-refractivity contribution in [3.63, 3.8) is 0 Å². The van der Waals surface area contributed by atoms with Gasteiger partial charge in [0.2, 0.25) is 5.91 Å². The summed E-state index contributed by atoms with van der Waals surface area (Å²) in [6.45, 7) is 1.94. The molecule has 126 valence electrons. The molecule has 1 aromatic carbocycles. The molecular formula is C18H25NO3S. The summed E-state index contributed by atoms with van der Waals surface area (Å²) in [6.07, 6.45) is 5.92. The maximum atomic E-state index is 12.2. The van der Waals surface area contributed by atoms with E-state index in [9.17, 15) is 9.59 Å². The fourth-order valence-electron chi connectivity index (χ4n) is 2.77.